The van der Waals surface area contributed by atoms with Gasteiger partial charge in [-0.2, -0.15) is 5.10 Å². The summed E-state index contributed by atoms with van der Waals surface area (Å²) in [5.41, 5.74) is 0.821. The predicted molar refractivity (Wildman–Crippen MR) is 124 cm³/mol. The molecular weight excluding hydrogens is 420 g/mol. The Labute approximate surface area is 194 Å². The van der Waals surface area contributed by atoms with E-state index < -0.39 is 11.5 Å². The lowest BCUT2D eigenvalue weighted by atomic mass is 9.86. The Morgan fingerprint density at radius 2 is 1.94 bits per heavy atom. The first kappa shape index (κ1) is 23.0. The molecule has 4 rings (SSSR count). The van der Waals surface area contributed by atoms with E-state index in [9.17, 15) is 14.4 Å². The van der Waals surface area contributed by atoms with Crippen LogP contribution in [0.2, 0.25) is 0 Å². The number of methoxy groups -OCH3 is 1. The number of benzene rings is 1. The molecule has 2 aliphatic rings. The number of carbonyl (C=O) groups is 3. The second-order valence-electron chi connectivity index (χ2n) is 9.43. The van der Waals surface area contributed by atoms with Crippen LogP contribution in [0.5, 0.6) is 0 Å². The van der Waals surface area contributed by atoms with Crippen molar-refractivity contribution in [1.82, 2.24) is 15.1 Å². The zero-order valence-corrected chi connectivity index (χ0v) is 19.8. The smallest absolute Gasteiger partial charge is 0.358 e. The highest BCUT2D eigenvalue weighted by atomic mass is 16.5. The van der Waals surface area contributed by atoms with E-state index in [-0.39, 0.29) is 35.8 Å². The van der Waals surface area contributed by atoms with E-state index in [4.69, 9.17) is 4.74 Å². The maximum absolute atomic E-state index is 13.7. The Morgan fingerprint density at radius 1 is 1.21 bits per heavy atom. The van der Waals surface area contributed by atoms with Crippen LogP contribution in [-0.4, -0.2) is 46.3 Å². The molecule has 0 bridgehead atoms. The SMILES string of the molecule is CCc1cccc(N2C(=O)c3cc(C(=O)OC)nn3CC2(C)C(=O)NC2CCC(C)CC2)c1. The van der Waals surface area contributed by atoms with Crippen molar-refractivity contribution in [3.05, 3.63) is 47.3 Å². The number of aromatic nitrogens is 2. The van der Waals surface area contributed by atoms with Crippen LogP contribution in [0, 0.1) is 5.92 Å². The number of nitrogens with zero attached hydrogens (tertiary/aromatic N) is 3. The molecule has 1 fully saturated rings. The number of hydrogen-bond acceptors (Lipinski definition) is 5. The number of nitrogens with one attached hydrogen (secondary N) is 1. The van der Waals surface area contributed by atoms with Gasteiger partial charge in [-0.05, 0) is 62.6 Å². The number of anilines is 1. The second kappa shape index (κ2) is 9.00. The monoisotopic (exact) mass is 452 g/mol. The van der Waals surface area contributed by atoms with Gasteiger partial charge >= 0.3 is 5.97 Å². The summed E-state index contributed by atoms with van der Waals surface area (Å²) in [5, 5.41) is 7.49. The molecule has 8 heteroatoms. The van der Waals surface area contributed by atoms with Gasteiger partial charge < -0.3 is 10.1 Å². The summed E-state index contributed by atoms with van der Waals surface area (Å²) in [6, 6.07) is 9.21. The third kappa shape index (κ3) is 4.26. The van der Waals surface area contributed by atoms with Crippen LogP contribution in [-0.2, 0) is 22.5 Å². The van der Waals surface area contributed by atoms with Gasteiger partial charge in [0.05, 0.1) is 13.7 Å². The van der Waals surface area contributed by atoms with Crippen LogP contribution in [0.1, 0.15) is 73.0 Å². The molecule has 33 heavy (non-hydrogen) atoms. The zero-order valence-electron chi connectivity index (χ0n) is 19.8. The lowest BCUT2D eigenvalue weighted by Gasteiger charge is -2.44. The molecule has 1 atom stereocenters. The molecule has 0 saturated heterocycles. The van der Waals surface area contributed by atoms with E-state index >= 15 is 0 Å². The highest BCUT2D eigenvalue weighted by Crippen LogP contribution is 2.34. The molecule has 0 radical (unpaired) electrons. The summed E-state index contributed by atoms with van der Waals surface area (Å²) >= 11 is 0. The van der Waals surface area contributed by atoms with Crippen LogP contribution < -0.4 is 10.2 Å². The molecule has 2 aromatic rings. The van der Waals surface area contributed by atoms with Crippen LogP contribution in [0.4, 0.5) is 5.69 Å². The van der Waals surface area contributed by atoms with Crippen molar-refractivity contribution in [3.8, 4) is 0 Å². The Bertz CT molecular complexity index is 1070. The molecule has 1 aliphatic carbocycles. The number of esters is 1. The molecule has 1 aromatic carbocycles. The third-order valence-corrected chi connectivity index (χ3v) is 6.97. The van der Waals surface area contributed by atoms with Gasteiger partial charge in [0.25, 0.3) is 5.91 Å². The van der Waals surface area contributed by atoms with E-state index in [2.05, 4.69) is 17.3 Å². The molecule has 2 amide bonds. The fraction of sp³-hybridized carbons (Fsp3) is 0.520. The molecular formula is C25H32N4O4. The topological polar surface area (TPSA) is 93.5 Å². The summed E-state index contributed by atoms with van der Waals surface area (Å²) in [4.78, 5) is 41.1. The number of ether oxygens (including phenoxy) is 1. The van der Waals surface area contributed by atoms with Crippen molar-refractivity contribution in [2.45, 2.75) is 71.0 Å². The van der Waals surface area contributed by atoms with Crippen LogP contribution in [0.3, 0.4) is 0 Å². The van der Waals surface area contributed by atoms with Gasteiger partial charge in [0.1, 0.15) is 11.2 Å². The largest absolute Gasteiger partial charge is 0.464 e. The predicted octanol–water partition coefficient (Wildman–Crippen LogP) is 3.35. The number of hydrogen-bond donors (Lipinski definition) is 1. The zero-order chi connectivity index (χ0) is 23.8. The molecule has 0 spiro atoms. The average Bonchev–Trinajstić information content (AvgIpc) is 3.24. The lowest BCUT2D eigenvalue weighted by Crippen LogP contribution is -2.65. The quantitative estimate of drug-likeness (QED) is 0.703. The molecule has 1 unspecified atom stereocenters. The van der Waals surface area contributed by atoms with Crippen LogP contribution in [0.25, 0.3) is 0 Å². The van der Waals surface area contributed by atoms with Crippen molar-refractivity contribution in [2.75, 3.05) is 12.0 Å². The van der Waals surface area contributed by atoms with E-state index in [1.807, 2.05) is 31.2 Å². The molecule has 2 heterocycles. The average molecular weight is 453 g/mol. The van der Waals surface area contributed by atoms with Crippen molar-refractivity contribution in [1.29, 1.82) is 0 Å². The highest BCUT2D eigenvalue weighted by molar-refractivity contribution is 6.12. The lowest BCUT2D eigenvalue weighted by molar-refractivity contribution is -0.127. The van der Waals surface area contributed by atoms with E-state index in [0.29, 0.717) is 11.6 Å². The van der Waals surface area contributed by atoms with Crippen molar-refractivity contribution in [3.63, 3.8) is 0 Å². The first-order valence-corrected chi connectivity index (χ1v) is 11.7. The van der Waals surface area contributed by atoms with Gasteiger partial charge in [0.2, 0.25) is 5.91 Å². The second-order valence-corrected chi connectivity index (χ2v) is 9.43. The van der Waals surface area contributed by atoms with Crippen molar-refractivity contribution < 1.29 is 19.1 Å². The standard InChI is InChI=1S/C25H32N4O4/c1-5-17-7-6-8-19(13-17)29-22(30)21-14-20(23(31)33-4)27-28(21)15-25(29,3)24(32)26-18-11-9-16(2)10-12-18/h6-8,13-14,16,18H,5,9-12,15H2,1-4H3,(H,26,32). The minimum Gasteiger partial charge on any atom is -0.464 e. The maximum Gasteiger partial charge on any atom is 0.358 e. The number of amides is 2. The van der Waals surface area contributed by atoms with Crippen LogP contribution >= 0.6 is 0 Å². The number of rotatable bonds is 5. The Balaban J connectivity index is 1.74. The third-order valence-electron chi connectivity index (χ3n) is 6.97. The van der Waals surface area contributed by atoms with Gasteiger partial charge in [0.15, 0.2) is 5.69 Å². The van der Waals surface area contributed by atoms with E-state index in [1.54, 1.807) is 11.8 Å². The molecule has 1 aromatic heterocycles. The minimum absolute atomic E-state index is 0.0500. The molecule has 8 nitrogen and oxygen atoms in total. The summed E-state index contributed by atoms with van der Waals surface area (Å²) in [6.07, 6.45) is 4.83. The first-order chi connectivity index (χ1) is 15.8. The number of aryl methyl sites for hydroxylation is 1. The van der Waals surface area contributed by atoms with Crippen molar-refractivity contribution in [2.24, 2.45) is 5.92 Å². The van der Waals surface area contributed by atoms with Gasteiger partial charge in [-0.15, -0.1) is 0 Å². The number of carbonyl (C=O) groups excluding carboxylic acids is 3. The van der Waals surface area contributed by atoms with E-state index in [0.717, 1.165) is 37.7 Å². The molecule has 1 aliphatic heterocycles. The maximum atomic E-state index is 13.7. The van der Waals surface area contributed by atoms with E-state index in [1.165, 1.54) is 17.9 Å². The Kier molecular flexibility index (Phi) is 6.28. The fourth-order valence-electron chi connectivity index (χ4n) is 4.85. The summed E-state index contributed by atoms with van der Waals surface area (Å²) in [5.74, 6) is -0.529. The summed E-state index contributed by atoms with van der Waals surface area (Å²) in [7, 11) is 1.27. The van der Waals surface area contributed by atoms with Gasteiger partial charge in [-0.1, -0.05) is 26.0 Å². The minimum atomic E-state index is -1.21. The summed E-state index contributed by atoms with van der Waals surface area (Å²) in [6.45, 7) is 6.19. The number of fused-ring (bicyclic) bond motifs is 1. The molecule has 1 saturated carbocycles. The highest BCUT2D eigenvalue weighted by Gasteiger charge is 2.49. The van der Waals surface area contributed by atoms with Crippen LogP contribution in [0.15, 0.2) is 30.3 Å². The Hall–Kier alpha value is -3.16. The van der Waals surface area contributed by atoms with Gasteiger partial charge in [-0.3, -0.25) is 19.2 Å². The van der Waals surface area contributed by atoms with Crippen molar-refractivity contribution >= 4 is 23.5 Å². The normalized spacial score (nSPS) is 24.8. The Morgan fingerprint density at radius 3 is 2.61 bits per heavy atom. The molecule has 176 valence electrons. The summed E-state index contributed by atoms with van der Waals surface area (Å²) < 4.78 is 6.24. The molecule has 1 N–H and O–H groups in total. The fourth-order valence-corrected chi connectivity index (χ4v) is 4.85. The van der Waals surface area contributed by atoms with Gasteiger partial charge in [0, 0.05) is 17.8 Å². The van der Waals surface area contributed by atoms with Gasteiger partial charge in [-0.25, -0.2) is 4.79 Å². The first-order valence-electron chi connectivity index (χ1n) is 11.7.